The molecule has 3 aromatic rings. The summed E-state index contributed by atoms with van der Waals surface area (Å²) >= 11 is 0. The molecule has 0 bridgehead atoms. The van der Waals surface area contributed by atoms with Crippen molar-refractivity contribution >= 4 is 17.0 Å². The summed E-state index contributed by atoms with van der Waals surface area (Å²) in [6, 6.07) is 2.58. The zero-order valence-corrected chi connectivity index (χ0v) is 15.1. The summed E-state index contributed by atoms with van der Waals surface area (Å²) in [4.78, 5) is 17.8. The summed E-state index contributed by atoms with van der Waals surface area (Å²) in [6.07, 6.45) is -4.45. The van der Waals surface area contributed by atoms with Crippen LogP contribution in [-0.2, 0) is 37.7 Å². The van der Waals surface area contributed by atoms with E-state index in [0.717, 1.165) is 12.1 Å². The Morgan fingerprint density at radius 3 is 2.75 bits per heavy atom. The fourth-order valence-corrected chi connectivity index (χ4v) is 3.51. The molecule has 1 atom stereocenters. The lowest BCUT2D eigenvalue weighted by Gasteiger charge is -2.33. The van der Waals surface area contributed by atoms with Crippen molar-refractivity contribution in [2.75, 3.05) is 0 Å². The second-order valence-corrected chi connectivity index (χ2v) is 6.82. The average Bonchev–Trinajstić information content (AvgIpc) is 3.13. The minimum absolute atomic E-state index is 0.162. The molecule has 2 aromatic heterocycles. The summed E-state index contributed by atoms with van der Waals surface area (Å²) in [5, 5.41) is 17.7. The number of rotatable bonds is 3. The fraction of sp³-hybridized carbons (Fsp3) is 0.412. The largest absolute Gasteiger partial charge is 0.480 e. The monoisotopic (exact) mass is 394 g/mol. The van der Waals surface area contributed by atoms with Crippen LogP contribution in [0.5, 0.6) is 0 Å². The average molecular weight is 394 g/mol. The molecule has 148 valence electrons. The van der Waals surface area contributed by atoms with E-state index in [1.807, 2.05) is 0 Å². The molecule has 3 heterocycles. The van der Waals surface area contributed by atoms with Crippen molar-refractivity contribution in [1.29, 1.82) is 0 Å². The van der Waals surface area contributed by atoms with Gasteiger partial charge in [0.05, 0.1) is 36.2 Å². The van der Waals surface area contributed by atoms with Crippen molar-refractivity contribution in [1.82, 2.24) is 29.2 Å². The highest BCUT2D eigenvalue weighted by Crippen LogP contribution is 2.31. The van der Waals surface area contributed by atoms with Crippen LogP contribution in [0.3, 0.4) is 0 Å². The molecular weight excluding hydrogens is 377 g/mol. The number of imidazole rings is 1. The first kappa shape index (κ1) is 18.4. The number of carboxylic acid groups (broad SMARTS) is 1. The van der Waals surface area contributed by atoms with Gasteiger partial charge in [-0.2, -0.15) is 13.2 Å². The van der Waals surface area contributed by atoms with Gasteiger partial charge >= 0.3 is 12.1 Å². The molecule has 28 heavy (non-hydrogen) atoms. The molecule has 0 saturated heterocycles. The van der Waals surface area contributed by atoms with Crippen LogP contribution in [0, 0.1) is 6.92 Å². The molecule has 1 aromatic carbocycles. The molecule has 1 aliphatic heterocycles. The van der Waals surface area contributed by atoms with Gasteiger partial charge in [0.15, 0.2) is 0 Å². The molecule has 1 N–H and O–H groups in total. The van der Waals surface area contributed by atoms with Crippen LogP contribution >= 0.6 is 0 Å². The highest BCUT2D eigenvalue weighted by atomic mass is 19.4. The molecule has 0 fully saturated rings. The molecule has 1 aliphatic rings. The minimum atomic E-state index is -4.45. The zero-order valence-electron chi connectivity index (χ0n) is 15.1. The van der Waals surface area contributed by atoms with E-state index >= 15 is 0 Å². The number of hydrogen-bond acceptors (Lipinski definition) is 5. The number of aryl methyl sites for hydroxylation is 2. The van der Waals surface area contributed by atoms with Gasteiger partial charge in [0.25, 0.3) is 0 Å². The summed E-state index contributed by atoms with van der Waals surface area (Å²) in [7, 11) is 1.70. The molecule has 0 aliphatic carbocycles. The maximum absolute atomic E-state index is 13.0. The van der Waals surface area contributed by atoms with Gasteiger partial charge in [-0.05, 0) is 25.1 Å². The Morgan fingerprint density at radius 2 is 2.07 bits per heavy atom. The number of hydrogen-bond donors (Lipinski definition) is 1. The first-order chi connectivity index (χ1) is 13.1. The molecule has 11 heteroatoms. The van der Waals surface area contributed by atoms with Crippen LogP contribution in [0.1, 0.15) is 23.0 Å². The third-order valence-electron chi connectivity index (χ3n) is 5.08. The van der Waals surface area contributed by atoms with E-state index in [9.17, 15) is 23.1 Å². The van der Waals surface area contributed by atoms with E-state index in [2.05, 4.69) is 15.2 Å². The molecule has 0 saturated carbocycles. The van der Waals surface area contributed by atoms with E-state index in [1.54, 1.807) is 28.0 Å². The fourth-order valence-electron chi connectivity index (χ4n) is 3.51. The van der Waals surface area contributed by atoms with Crippen molar-refractivity contribution in [3.63, 3.8) is 0 Å². The predicted molar refractivity (Wildman–Crippen MR) is 91.1 cm³/mol. The van der Waals surface area contributed by atoms with E-state index in [-0.39, 0.29) is 25.2 Å². The Labute approximate surface area is 157 Å². The lowest BCUT2D eigenvalue weighted by Crippen LogP contribution is -2.47. The van der Waals surface area contributed by atoms with Crippen LogP contribution in [0.2, 0.25) is 0 Å². The number of halogens is 3. The van der Waals surface area contributed by atoms with Crippen LogP contribution in [0.15, 0.2) is 18.2 Å². The lowest BCUT2D eigenvalue weighted by molar-refractivity contribution is -0.145. The molecule has 8 nitrogen and oxygen atoms in total. The van der Waals surface area contributed by atoms with Crippen LogP contribution in [0.25, 0.3) is 11.0 Å². The van der Waals surface area contributed by atoms with Crippen molar-refractivity contribution < 1.29 is 23.1 Å². The Kier molecular flexibility index (Phi) is 4.14. The van der Waals surface area contributed by atoms with Crippen molar-refractivity contribution in [2.45, 2.75) is 38.8 Å². The first-order valence-corrected chi connectivity index (χ1v) is 8.53. The first-order valence-electron chi connectivity index (χ1n) is 8.53. The van der Waals surface area contributed by atoms with E-state index < -0.39 is 23.8 Å². The lowest BCUT2D eigenvalue weighted by atomic mass is 10.2. The maximum atomic E-state index is 13.0. The normalized spacial score (nSPS) is 17.8. The number of fused-ring (bicyclic) bond motifs is 2. The summed E-state index contributed by atoms with van der Waals surface area (Å²) in [5.74, 6) is 0.776. The standard InChI is InChI=1S/C17H17F3N6O2/c1-9-22-23-15-8-25(13(16(27)28)6-26(9)15)7-14-21-11-5-10(17(18,19)20)3-4-12(11)24(14)2/h3-5,13H,6-8H2,1-2H3,(H,27,28). The molecule has 0 radical (unpaired) electrons. The highest BCUT2D eigenvalue weighted by Gasteiger charge is 2.35. The van der Waals surface area contributed by atoms with Crippen LogP contribution in [0.4, 0.5) is 13.2 Å². The molecule has 4 rings (SSSR count). The third kappa shape index (κ3) is 3.01. The summed E-state index contributed by atoms with van der Waals surface area (Å²) < 4.78 is 42.3. The minimum Gasteiger partial charge on any atom is -0.480 e. The van der Waals surface area contributed by atoms with Crippen molar-refractivity contribution in [3.05, 3.63) is 41.2 Å². The summed E-state index contributed by atoms with van der Waals surface area (Å²) in [5.41, 5.74) is -0.00396. The third-order valence-corrected chi connectivity index (χ3v) is 5.08. The van der Waals surface area contributed by atoms with Gasteiger partial charge < -0.3 is 14.2 Å². The van der Waals surface area contributed by atoms with Crippen LogP contribution < -0.4 is 0 Å². The highest BCUT2D eigenvalue weighted by molar-refractivity contribution is 5.77. The second-order valence-electron chi connectivity index (χ2n) is 6.82. The van der Waals surface area contributed by atoms with E-state index in [0.29, 0.717) is 23.0 Å². The van der Waals surface area contributed by atoms with Gasteiger partial charge in [0.2, 0.25) is 0 Å². The molecule has 1 unspecified atom stereocenters. The SMILES string of the molecule is Cc1nnc2n1CC(C(=O)O)N(Cc1nc3cc(C(F)(F)F)ccc3n1C)C2. The summed E-state index contributed by atoms with van der Waals surface area (Å²) in [6.45, 7) is 2.38. The number of aliphatic carboxylic acids is 1. The second kappa shape index (κ2) is 6.30. The molecule has 0 spiro atoms. The van der Waals surface area contributed by atoms with Gasteiger partial charge in [-0.25, -0.2) is 4.98 Å². The Morgan fingerprint density at radius 1 is 1.32 bits per heavy atom. The van der Waals surface area contributed by atoms with Crippen LogP contribution in [-0.4, -0.2) is 46.3 Å². The predicted octanol–water partition coefficient (Wildman–Crippen LogP) is 1.96. The Balaban J connectivity index is 1.68. The van der Waals surface area contributed by atoms with E-state index in [1.165, 1.54) is 6.07 Å². The number of carbonyl (C=O) groups is 1. The zero-order chi connectivity index (χ0) is 20.2. The maximum Gasteiger partial charge on any atom is 0.416 e. The Bertz CT molecular complexity index is 1070. The number of nitrogens with zero attached hydrogens (tertiary/aromatic N) is 6. The van der Waals surface area contributed by atoms with E-state index in [4.69, 9.17) is 0 Å². The molecular formula is C17H17F3N6O2. The van der Waals surface area contributed by atoms with Gasteiger partial charge in [0, 0.05) is 7.05 Å². The quantitative estimate of drug-likeness (QED) is 0.731. The number of benzene rings is 1. The van der Waals surface area contributed by atoms with Gasteiger partial charge in [-0.3, -0.25) is 9.69 Å². The molecule has 0 amide bonds. The topological polar surface area (TPSA) is 89.1 Å². The number of carboxylic acids is 1. The van der Waals surface area contributed by atoms with Gasteiger partial charge in [-0.1, -0.05) is 0 Å². The number of alkyl halides is 3. The smallest absolute Gasteiger partial charge is 0.416 e. The van der Waals surface area contributed by atoms with Gasteiger partial charge in [-0.15, -0.1) is 10.2 Å². The van der Waals surface area contributed by atoms with Crippen molar-refractivity contribution in [3.8, 4) is 0 Å². The Hall–Kier alpha value is -2.95. The number of aromatic nitrogens is 5. The van der Waals surface area contributed by atoms with Crippen molar-refractivity contribution in [2.24, 2.45) is 7.05 Å². The van der Waals surface area contributed by atoms with Gasteiger partial charge in [0.1, 0.15) is 23.5 Å².